The highest BCUT2D eigenvalue weighted by molar-refractivity contribution is 5.41. The lowest BCUT2D eigenvalue weighted by atomic mass is 9.74. The van der Waals surface area contributed by atoms with Crippen LogP contribution >= 0.6 is 0 Å². The lowest BCUT2D eigenvalue weighted by Crippen LogP contribution is -2.42. The first-order valence-electron chi connectivity index (χ1n) is 5.75. The maximum atomic E-state index is 13.1. The first kappa shape index (κ1) is 11.6. The number of nitrogens with two attached hydrogens (primary N) is 1. The van der Waals surface area contributed by atoms with Gasteiger partial charge in [0.15, 0.2) is 0 Å². The van der Waals surface area contributed by atoms with Crippen molar-refractivity contribution in [2.45, 2.75) is 37.6 Å². The third kappa shape index (κ3) is 1.64. The van der Waals surface area contributed by atoms with E-state index in [4.69, 9.17) is 5.73 Å². The van der Waals surface area contributed by atoms with E-state index in [0.717, 1.165) is 24.0 Å². The van der Waals surface area contributed by atoms with Crippen LogP contribution in [0.25, 0.3) is 0 Å². The second-order valence-electron chi connectivity index (χ2n) is 4.72. The summed E-state index contributed by atoms with van der Waals surface area (Å²) in [6.45, 7) is 2.09. The van der Waals surface area contributed by atoms with Crippen molar-refractivity contribution in [3.8, 4) is 0 Å². The molecular formula is C13H18FNO. The molecule has 2 nitrogen and oxygen atoms in total. The summed E-state index contributed by atoms with van der Waals surface area (Å²) in [6.07, 6.45) is 2.42. The van der Waals surface area contributed by atoms with Gasteiger partial charge in [0.1, 0.15) is 5.82 Å². The minimum absolute atomic E-state index is 0.0219. The van der Waals surface area contributed by atoms with Crippen LogP contribution in [-0.4, -0.2) is 17.8 Å². The van der Waals surface area contributed by atoms with Crippen molar-refractivity contribution in [2.75, 3.05) is 6.61 Å². The molecule has 1 aliphatic rings. The van der Waals surface area contributed by atoms with Gasteiger partial charge in [-0.25, -0.2) is 4.39 Å². The maximum absolute atomic E-state index is 13.1. The Morgan fingerprint density at radius 2 is 2.31 bits per heavy atom. The third-order valence-corrected chi connectivity index (χ3v) is 3.87. The van der Waals surface area contributed by atoms with Gasteiger partial charge >= 0.3 is 0 Å². The molecule has 0 aromatic heterocycles. The van der Waals surface area contributed by atoms with Crippen molar-refractivity contribution >= 4 is 0 Å². The van der Waals surface area contributed by atoms with E-state index < -0.39 is 0 Å². The predicted molar refractivity (Wildman–Crippen MR) is 61.8 cm³/mol. The van der Waals surface area contributed by atoms with Crippen LogP contribution in [0.3, 0.4) is 0 Å². The molecule has 88 valence electrons. The quantitative estimate of drug-likeness (QED) is 0.820. The molecule has 3 heteroatoms. The molecule has 0 amide bonds. The van der Waals surface area contributed by atoms with Gasteiger partial charge in [-0.3, -0.25) is 0 Å². The predicted octanol–water partition coefficient (Wildman–Crippen LogP) is 1.74. The minimum Gasteiger partial charge on any atom is -0.396 e. The molecule has 0 spiro atoms. The molecule has 16 heavy (non-hydrogen) atoms. The number of rotatable bonds is 3. The molecule has 0 radical (unpaired) electrons. The second kappa shape index (κ2) is 4.15. The summed E-state index contributed by atoms with van der Waals surface area (Å²) >= 11 is 0. The highest BCUT2D eigenvalue weighted by Crippen LogP contribution is 2.43. The van der Waals surface area contributed by atoms with Crippen LogP contribution in [0.5, 0.6) is 0 Å². The van der Waals surface area contributed by atoms with Crippen LogP contribution in [-0.2, 0) is 11.8 Å². The van der Waals surface area contributed by atoms with E-state index in [2.05, 4.69) is 0 Å². The van der Waals surface area contributed by atoms with Crippen molar-refractivity contribution in [1.82, 2.24) is 0 Å². The monoisotopic (exact) mass is 223 g/mol. The Hall–Kier alpha value is -0.930. The molecule has 0 fully saturated rings. The summed E-state index contributed by atoms with van der Waals surface area (Å²) in [5, 5.41) is 9.19. The van der Waals surface area contributed by atoms with Gasteiger partial charge in [-0.2, -0.15) is 0 Å². The van der Waals surface area contributed by atoms with Gasteiger partial charge < -0.3 is 10.8 Å². The van der Waals surface area contributed by atoms with E-state index in [1.807, 2.05) is 13.0 Å². The molecule has 0 saturated heterocycles. The molecule has 2 rings (SSSR count). The van der Waals surface area contributed by atoms with Crippen molar-refractivity contribution < 1.29 is 9.50 Å². The van der Waals surface area contributed by atoms with Crippen molar-refractivity contribution in [1.29, 1.82) is 0 Å². The third-order valence-electron chi connectivity index (χ3n) is 3.87. The Bertz CT molecular complexity index is 392. The number of aliphatic hydroxyl groups is 1. The van der Waals surface area contributed by atoms with E-state index in [-0.39, 0.29) is 23.9 Å². The molecule has 3 N–H and O–H groups in total. The van der Waals surface area contributed by atoms with Crippen LogP contribution in [0.15, 0.2) is 18.2 Å². The molecule has 1 aromatic rings. The number of hydrogen-bond donors (Lipinski definition) is 2. The van der Waals surface area contributed by atoms with E-state index in [9.17, 15) is 9.50 Å². The zero-order valence-electron chi connectivity index (χ0n) is 9.54. The molecule has 1 aliphatic carbocycles. The number of aryl methyl sites for hydroxylation is 1. The van der Waals surface area contributed by atoms with Gasteiger partial charge in [-0.15, -0.1) is 0 Å². The lowest BCUT2D eigenvalue weighted by Gasteiger charge is -2.34. The molecule has 0 heterocycles. The molecule has 2 unspecified atom stereocenters. The van der Waals surface area contributed by atoms with E-state index in [1.165, 1.54) is 6.07 Å². The maximum Gasteiger partial charge on any atom is 0.123 e. The Morgan fingerprint density at radius 3 is 2.94 bits per heavy atom. The molecule has 0 bridgehead atoms. The minimum atomic E-state index is -0.191. The van der Waals surface area contributed by atoms with Crippen LogP contribution in [0.2, 0.25) is 0 Å². The summed E-state index contributed by atoms with van der Waals surface area (Å²) < 4.78 is 13.1. The van der Waals surface area contributed by atoms with E-state index in [0.29, 0.717) is 6.42 Å². The molecular weight excluding hydrogens is 205 g/mol. The Labute approximate surface area is 95.3 Å². The second-order valence-corrected chi connectivity index (χ2v) is 4.72. The number of halogens is 1. The van der Waals surface area contributed by atoms with E-state index in [1.54, 1.807) is 6.07 Å². The zero-order valence-corrected chi connectivity index (χ0v) is 9.54. The average Bonchev–Trinajstić information content (AvgIpc) is 2.58. The van der Waals surface area contributed by atoms with Crippen LogP contribution in [0.4, 0.5) is 4.39 Å². The van der Waals surface area contributed by atoms with Gasteiger partial charge in [0.2, 0.25) is 0 Å². The first-order chi connectivity index (χ1) is 7.60. The summed E-state index contributed by atoms with van der Waals surface area (Å²) in [5.74, 6) is -0.191. The fourth-order valence-electron chi connectivity index (χ4n) is 2.91. The number of hydrogen-bond acceptors (Lipinski definition) is 2. The standard InChI is InChI=1S/C13H18FNO/c1-9(15)13(6-7-16)5-4-10-8-11(14)2-3-12(10)13/h2-3,8-9,16H,4-7,15H2,1H3. The van der Waals surface area contributed by atoms with Gasteiger partial charge in [0.25, 0.3) is 0 Å². The molecule has 0 saturated carbocycles. The molecule has 1 aromatic carbocycles. The summed E-state index contributed by atoms with van der Waals surface area (Å²) in [4.78, 5) is 0. The summed E-state index contributed by atoms with van der Waals surface area (Å²) in [7, 11) is 0. The highest BCUT2D eigenvalue weighted by Gasteiger charge is 2.41. The smallest absolute Gasteiger partial charge is 0.123 e. The van der Waals surface area contributed by atoms with Crippen LogP contribution in [0.1, 0.15) is 30.9 Å². The lowest BCUT2D eigenvalue weighted by molar-refractivity contribution is 0.218. The Kier molecular flexibility index (Phi) is 3.00. The van der Waals surface area contributed by atoms with E-state index >= 15 is 0 Å². The Balaban J connectivity index is 2.46. The van der Waals surface area contributed by atoms with Crippen molar-refractivity contribution in [3.05, 3.63) is 35.1 Å². The van der Waals surface area contributed by atoms with Crippen molar-refractivity contribution in [3.63, 3.8) is 0 Å². The normalized spacial score (nSPS) is 25.5. The highest BCUT2D eigenvalue weighted by atomic mass is 19.1. The number of aliphatic hydroxyl groups excluding tert-OH is 1. The van der Waals surface area contributed by atoms with Gasteiger partial charge in [0.05, 0.1) is 0 Å². The summed E-state index contributed by atoms with van der Waals surface area (Å²) in [5.41, 5.74) is 8.07. The Morgan fingerprint density at radius 1 is 1.56 bits per heavy atom. The van der Waals surface area contributed by atoms with Gasteiger partial charge in [-0.05, 0) is 49.4 Å². The zero-order chi connectivity index (χ0) is 11.8. The molecule has 2 atom stereocenters. The average molecular weight is 223 g/mol. The number of fused-ring (bicyclic) bond motifs is 1. The summed E-state index contributed by atoms with van der Waals surface area (Å²) in [6, 6.07) is 4.89. The van der Waals surface area contributed by atoms with Crippen LogP contribution < -0.4 is 5.73 Å². The largest absolute Gasteiger partial charge is 0.396 e. The van der Waals surface area contributed by atoms with Crippen LogP contribution in [0, 0.1) is 5.82 Å². The first-order valence-corrected chi connectivity index (χ1v) is 5.75. The number of benzene rings is 1. The van der Waals surface area contributed by atoms with Gasteiger partial charge in [0, 0.05) is 18.1 Å². The topological polar surface area (TPSA) is 46.2 Å². The SMILES string of the molecule is CC(N)C1(CCO)CCc2cc(F)ccc21. The molecule has 0 aliphatic heterocycles. The van der Waals surface area contributed by atoms with Crippen molar-refractivity contribution in [2.24, 2.45) is 5.73 Å². The fraction of sp³-hybridized carbons (Fsp3) is 0.538. The fourth-order valence-corrected chi connectivity index (χ4v) is 2.91. The van der Waals surface area contributed by atoms with Gasteiger partial charge in [-0.1, -0.05) is 6.07 Å².